The van der Waals surface area contributed by atoms with Crippen LogP contribution in [-0.4, -0.2) is 65.3 Å². The topological polar surface area (TPSA) is 81.1 Å². The number of carbonyl (C=O) groups is 2. The number of hydrogen-bond donors (Lipinski definition) is 2. The lowest BCUT2D eigenvalue weighted by atomic mass is 10.1. The number of rotatable bonds is 6. The maximum absolute atomic E-state index is 12.0. The van der Waals surface area contributed by atoms with Crippen molar-refractivity contribution in [3.63, 3.8) is 0 Å². The molecule has 0 bridgehead atoms. The molecule has 2 amide bonds. The monoisotopic (exact) mass is 258 g/mol. The highest BCUT2D eigenvalue weighted by Gasteiger charge is 2.27. The summed E-state index contributed by atoms with van der Waals surface area (Å²) in [4.78, 5) is 25.7. The molecule has 1 aliphatic heterocycles. The van der Waals surface area contributed by atoms with Gasteiger partial charge in [0.05, 0.1) is 0 Å². The van der Waals surface area contributed by atoms with Crippen LogP contribution in [0, 0.1) is 5.92 Å². The highest BCUT2D eigenvalue weighted by atomic mass is 16.4. The number of urea groups is 1. The first-order valence-electron chi connectivity index (χ1n) is 6.37. The van der Waals surface area contributed by atoms with Gasteiger partial charge in [-0.2, -0.15) is 0 Å². The van der Waals surface area contributed by atoms with Gasteiger partial charge in [-0.1, -0.05) is 0 Å². The average molecular weight is 258 g/mol. The van der Waals surface area contributed by atoms with Gasteiger partial charge in [-0.25, -0.2) is 4.79 Å². The second-order valence-corrected chi connectivity index (χ2v) is 4.81. The van der Waals surface area contributed by atoms with E-state index in [1.54, 1.807) is 16.8 Å². The first-order chi connectivity index (χ1) is 8.54. The van der Waals surface area contributed by atoms with E-state index in [1.807, 2.05) is 0 Å². The van der Waals surface area contributed by atoms with Crippen LogP contribution >= 0.6 is 0 Å². The van der Waals surface area contributed by atoms with Gasteiger partial charge in [0.1, 0.15) is 0 Å². The highest BCUT2D eigenvalue weighted by Crippen LogP contribution is 2.20. The normalized spacial score (nSPS) is 19.0. The van der Waals surface area contributed by atoms with Crippen LogP contribution in [0.2, 0.25) is 0 Å². The lowest BCUT2D eigenvalue weighted by molar-refractivity contribution is -0.137. The molecule has 2 N–H and O–H groups in total. The smallest absolute Gasteiger partial charge is 0.319 e. The van der Waals surface area contributed by atoms with Crippen molar-refractivity contribution in [3.8, 4) is 0 Å². The van der Waals surface area contributed by atoms with Gasteiger partial charge in [0.25, 0.3) is 0 Å². The van der Waals surface area contributed by atoms with Crippen LogP contribution in [0.1, 0.15) is 25.7 Å². The molecule has 0 radical (unpaired) electrons. The summed E-state index contributed by atoms with van der Waals surface area (Å²) < 4.78 is 0. The summed E-state index contributed by atoms with van der Waals surface area (Å²) in [5.41, 5.74) is 0. The number of aliphatic carboxylic acids is 1. The predicted molar refractivity (Wildman–Crippen MR) is 66.3 cm³/mol. The maximum Gasteiger partial charge on any atom is 0.319 e. The molecule has 0 saturated carbocycles. The Morgan fingerprint density at radius 1 is 1.44 bits per heavy atom. The molecule has 1 atom stereocenters. The maximum atomic E-state index is 12.0. The van der Waals surface area contributed by atoms with Gasteiger partial charge >= 0.3 is 12.0 Å². The van der Waals surface area contributed by atoms with Crippen molar-refractivity contribution in [1.29, 1.82) is 0 Å². The Morgan fingerprint density at radius 2 is 2.17 bits per heavy atom. The van der Waals surface area contributed by atoms with Crippen molar-refractivity contribution in [2.75, 3.05) is 33.3 Å². The van der Waals surface area contributed by atoms with Crippen molar-refractivity contribution in [1.82, 2.24) is 9.80 Å². The van der Waals surface area contributed by atoms with Crippen molar-refractivity contribution in [3.05, 3.63) is 0 Å². The van der Waals surface area contributed by atoms with E-state index in [1.165, 1.54) is 0 Å². The summed E-state index contributed by atoms with van der Waals surface area (Å²) in [7, 11) is 1.70. The lowest BCUT2D eigenvalue weighted by Gasteiger charge is -2.24. The standard InChI is InChI=1S/C12H22N2O4/c1-13(6-2-3-11(16)17)12(18)14-7-4-10(9-14)5-8-15/h10,15H,2-9H2,1H3,(H,16,17). The van der Waals surface area contributed by atoms with Crippen molar-refractivity contribution in [2.45, 2.75) is 25.7 Å². The zero-order valence-electron chi connectivity index (χ0n) is 10.8. The molecule has 0 aromatic heterocycles. The number of likely N-dealkylation sites (tertiary alicyclic amines) is 1. The van der Waals surface area contributed by atoms with E-state index in [9.17, 15) is 9.59 Å². The Labute approximate surface area is 107 Å². The Balaban J connectivity index is 2.29. The summed E-state index contributed by atoms with van der Waals surface area (Å²) in [6, 6.07) is -0.0409. The van der Waals surface area contributed by atoms with E-state index in [4.69, 9.17) is 10.2 Å². The van der Waals surface area contributed by atoms with Gasteiger partial charge in [-0.15, -0.1) is 0 Å². The fourth-order valence-electron chi connectivity index (χ4n) is 2.23. The van der Waals surface area contributed by atoms with Crippen LogP contribution < -0.4 is 0 Å². The Bertz CT molecular complexity index is 296. The fraction of sp³-hybridized carbons (Fsp3) is 0.833. The second kappa shape index (κ2) is 7.20. The molecule has 1 saturated heterocycles. The first-order valence-corrected chi connectivity index (χ1v) is 6.37. The summed E-state index contributed by atoms with van der Waals surface area (Å²) in [6.07, 6.45) is 2.25. The van der Waals surface area contributed by atoms with Crippen LogP contribution in [0.25, 0.3) is 0 Å². The quantitative estimate of drug-likeness (QED) is 0.731. The molecule has 1 unspecified atom stereocenters. The number of carboxylic acids is 1. The summed E-state index contributed by atoms with van der Waals surface area (Å²) in [5.74, 6) is -0.439. The van der Waals surface area contributed by atoms with E-state index >= 15 is 0 Å². The Morgan fingerprint density at radius 3 is 2.78 bits per heavy atom. The van der Waals surface area contributed by atoms with Gasteiger partial charge in [0, 0.05) is 39.7 Å². The summed E-state index contributed by atoms with van der Waals surface area (Å²) >= 11 is 0. The minimum Gasteiger partial charge on any atom is -0.481 e. The van der Waals surface area contributed by atoms with Gasteiger partial charge in [-0.3, -0.25) is 4.79 Å². The van der Waals surface area contributed by atoms with E-state index < -0.39 is 5.97 Å². The number of amides is 2. The molecule has 0 aromatic rings. The van der Waals surface area contributed by atoms with Gasteiger partial charge in [0.2, 0.25) is 0 Å². The molecule has 6 heteroatoms. The number of nitrogens with zero attached hydrogens (tertiary/aromatic N) is 2. The minimum absolute atomic E-state index is 0.0409. The zero-order chi connectivity index (χ0) is 13.5. The highest BCUT2D eigenvalue weighted by molar-refractivity contribution is 5.74. The van der Waals surface area contributed by atoms with E-state index in [-0.39, 0.29) is 19.1 Å². The Kier molecular flexibility index (Phi) is 5.91. The first kappa shape index (κ1) is 14.8. The molecule has 1 heterocycles. The van der Waals surface area contributed by atoms with Crippen molar-refractivity contribution < 1.29 is 19.8 Å². The van der Waals surface area contributed by atoms with Crippen LogP contribution in [0.15, 0.2) is 0 Å². The number of aliphatic hydroxyl groups excluding tert-OH is 1. The molecular weight excluding hydrogens is 236 g/mol. The molecule has 104 valence electrons. The largest absolute Gasteiger partial charge is 0.481 e. The number of hydrogen-bond acceptors (Lipinski definition) is 3. The van der Waals surface area contributed by atoms with E-state index in [2.05, 4.69) is 0 Å². The van der Waals surface area contributed by atoms with E-state index in [0.29, 0.717) is 25.4 Å². The molecule has 6 nitrogen and oxygen atoms in total. The van der Waals surface area contributed by atoms with Crippen LogP contribution in [0.5, 0.6) is 0 Å². The molecule has 1 fully saturated rings. The molecule has 1 rings (SSSR count). The van der Waals surface area contributed by atoms with Crippen molar-refractivity contribution in [2.24, 2.45) is 5.92 Å². The molecular formula is C12H22N2O4. The molecule has 18 heavy (non-hydrogen) atoms. The average Bonchev–Trinajstić information content (AvgIpc) is 2.76. The van der Waals surface area contributed by atoms with Gasteiger partial charge < -0.3 is 20.0 Å². The van der Waals surface area contributed by atoms with Gasteiger partial charge in [-0.05, 0) is 25.2 Å². The molecule has 0 aromatic carbocycles. The van der Waals surface area contributed by atoms with Crippen LogP contribution in [-0.2, 0) is 4.79 Å². The zero-order valence-corrected chi connectivity index (χ0v) is 10.8. The van der Waals surface area contributed by atoms with Crippen molar-refractivity contribution >= 4 is 12.0 Å². The third-order valence-electron chi connectivity index (χ3n) is 3.30. The van der Waals surface area contributed by atoms with Crippen LogP contribution in [0.3, 0.4) is 0 Å². The number of carboxylic acid groups (broad SMARTS) is 1. The molecule has 0 spiro atoms. The SMILES string of the molecule is CN(CCCC(=O)O)C(=O)N1CCC(CCO)C1. The Hall–Kier alpha value is -1.30. The number of aliphatic hydroxyl groups is 1. The van der Waals surface area contributed by atoms with E-state index in [0.717, 1.165) is 19.4 Å². The predicted octanol–water partition coefficient (Wildman–Crippen LogP) is 0.607. The second-order valence-electron chi connectivity index (χ2n) is 4.81. The third-order valence-corrected chi connectivity index (χ3v) is 3.30. The lowest BCUT2D eigenvalue weighted by Crippen LogP contribution is -2.40. The molecule has 0 aliphatic carbocycles. The third kappa shape index (κ3) is 4.52. The minimum atomic E-state index is -0.833. The molecule has 1 aliphatic rings. The fourth-order valence-corrected chi connectivity index (χ4v) is 2.23. The summed E-state index contributed by atoms with van der Waals surface area (Å²) in [5, 5.41) is 17.4. The van der Waals surface area contributed by atoms with Crippen LogP contribution in [0.4, 0.5) is 4.79 Å². The number of carbonyl (C=O) groups excluding carboxylic acids is 1. The summed E-state index contributed by atoms with van der Waals surface area (Å²) in [6.45, 7) is 2.06. The van der Waals surface area contributed by atoms with Gasteiger partial charge in [0.15, 0.2) is 0 Å².